The number of anilines is 1. The summed E-state index contributed by atoms with van der Waals surface area (Å²) in [6.07, 6.45) is -1.59. The molecule has 2 heterocycles. The zero-order valence-corrected chi connectivity index (χ0v) is 22.5. The Balaban J connectivity index is 0.00000103. The van der Waals surface area contributed by atoms with Crippen LogP contribution in [0.1, 0.15) is 32.8 Å². The van der Waals surface area contributed by atoms with Gasteiger partial charge in [0.1, 0.15) is 17.8 Å². The summed E-state index contributed by atoms with van der Waals surface area (Å²) in [6.45, 7) is 5.99. The Labute approximate surface area is 231 Å². The van der Waals surface area contributed by atoms with Crippen LogP contribution in [-0.2, 0) is 9.57 Å². The number of ether oxygens (including phenoxy) is 1. The van der Waals surface area contributed by atoms with Crippen molar-refractivity contribution in [3.8, 4) is 11.1 Å². The van der Waals surface area contributed by atoms with Crippen LogP contribution in [0.4, 0.5) is 19.7 Å². The molecule has 4 N–H and O–H groups in total. The minimum atomic E-state index is -1.45. The average Bonchev–Trinajstić information content (AvgIpc) is 3.53. The first-order chi connectivity index (χ1) is 19.0. The Morgan fingerprint density at radius 3 is 2.40 bits per heavy atom. The van der Waals surface area contributed by atoms with E-state index in [1.807, 2.05) is 0 Å². The molecule has 0 radical (unpaired) electrons. The lowest BCUT2D eigenvalue weighted by atomic mass is 9.99. The number of carbonyl (C=O) groups is 2. The van der Waals surface area contributed by atoms with E-state index in [9.17, 15) is 19.8 Å². The molecule has 2 amide bonds. The minimum Gasteiger partial charge on any atom is -0.515 e. The number of aliphatic hydroxyl groups excluding tert-OH is 2. The van der Waals surface area contributed by atoms with Crippen LogP contribution in [0.2, 0.25) is 0 Å². The normalized spacial score (nSPS) is 18.2. The number of nitrogens with zero attached hydrogens (tertiary/aromatic N) is 3. The minimum absolute atomic E-state index is 0.0504. The number of aliphatic hydroxyl groups is 2. The third-order valence-electron chi connectivity index (χ3n) is 5.74. The zero-order valence-electron chi connectivity index (χ0n) is 22.5. The number of carbonyl (C=O) groups excluding carboxylic acids is 1. The predicted octanol–water partition coefficient (Wildman–Crippen LogP) is 4.99. The average molecular weight is 557 g/mol. The molecule has 11 nitrogen and oxygen atoms in total. The van der Waals surface area contributed by atoms with Crippen LogP contribution in [0.25, 0.3) is 11.1 Å². The second-order valence-electron chi connectivity index (χ2n) is 9.84. The zero-order chi connectivity index (χ0) is 29.4. The van der Waals surface area contributed by atoms with Gasteiger partial charge in [-0.25, -0.2) is 14.0 Å². The van der Waals surface area contributed by atoms with E-state index in [0.29, 0.717) is 34.4 Å². The SMILES string of the molecule is CC(C)C.N=C(/C=C\O)N(CC1CN(c2ccc(-c3ccc(C4=NOC(CO)C4)cc3)c(F)c2)C(=O)O1)C(=O)O. The first-order valence-corrected chi connectivity index (χ1v) is 12.7. The van der Waals surface area contributed by atoms with Crippen molar-refractivity contribution < 1.29 is 38.9 Å². The van der Waals surface area contributed by atoms with Crippen LogP contribution in [0, 0.1) is 17.1 Å². The lowest BCUT2D eigenvalue weighted by Crippen LogP contribution is -2.41. The Hall–Kier alpha value is -4.45. The molecule has 0 spiro atoms. The second-order valence-corrected chi connectivity index (χ2v) is 9.84. The summed E-state index contributed by atoms with van der Waals surface area (Å²) in [4.78, 5) is 30.7. The fourth-order valence-electron chi connectivity index (χ4n) is 3.92. The molecule has 2 aromatic carbocycles. The van der Waals surface area contributed by atoms with Gasteiger partial charge in [-0.15, -0.1) is 0 Å². The first kappa shape index (κ1) is 30.1. The third kappa shape index (κ3) is 7.56. The first-order valence-electron chi connectivity index (χ1n) is 12.7. The van der Waals surface area contributed by atoms with E-state index in [1.165, 1.54) is 17.0 Å². The Morgan fingerprint density at radius 1 is 1.20 bits per heavy atom. The number of carboxylic acid groups (broad SMARTS) is 1. The van der Waals surface area contributed by atoms with Gasteiger partial charge in [-0.2, -0.15) is 0 Å². The maximum Gasteiger partial charge on any atom is 0.414 e. The molecule has 2 aliphatic heterocycles. The van der Waals surface area contributed by atoms with Crippen molar-refractivity contribution in [3.63, 3.8) is 0 Å². The summed E-state index contributed by atoms with van der Waals surface area (Å²) in [5, 5.41) is 38.9. The molecule has 0 saturated carbocycles. The Bertz CT molecular complexity index is 1280. The van der Waals surface area contributed by atoms with E-state index < -0.39 is 29.9 Å². The van der Waals surface area contributed by atoms with Crippen LogP contribution in [0.5, 0.6) is 0 Å². The number of hydrogen-bond donors (Lipinski definition) is 4. The van der Waals surface area contributed by atoms with Gasteiger partial charge in [0.2, 0.25) is 0 Å². The molecule has 40 heavy (non-hydrogen) atoms. The van der Waals surface area contributed by atoms with Crippen LogP contribution < -0.4 is 4.90 Å². The van der Waals surface area contributed by atoms with Gasteiger partial charge in [-0.1, -0.05) is 50.2 Å². The molecule has 0 bridgehead atoms. The Morgan fingerprint density at radius 2 is 1.85 bits per heavy atom. The molecule has 4 rings (SSSR count). The van der Waals surface area contributed by atoms with E-state index in [-0.39, 0.29) is 31.5 Å². The molecule has 2 atom stereocenters. The Kier molecular flexibility index (Phi) is 10.2. The number of nitrogens with one attached hydrogen (secondary N) is 1. The van der Waals surface area contributed by atoms with Crippen molar-refractivity contribution in [3.05, 3.63) is 66.2 Å². The fourth-order valence-corrected chi connectivity index (χ4v) is 3.92. The van der Waals surface area contributed by atoms with Gasteiger partial charge in [0.15, 0.2) is 6.10 Å². The van der Waals surface area contributed by atoms with Crippen LogP contribution in [0.15, 0.2) is 60.0 Å². The molecule has 0 aromatic heterocycles. The van der Waals surface area contributed by atoms with Crippen molar-refractivity contribution in [1.82, 2.24) is 4.90 Å². The van der Waals surface area contributed by atoms with Gasteiger partial charge in [0.25, 0.3) is 0 Å². The molecule has 2 aliphatic rings. The van der Waals surface area contributed by atoms with Crippen LogP contribution >= 0.6 is 0 Å². The second kappa shape index (κ2) is 13.6. The summed E-state index contributed by atoms with van der Waals surface area (Å²) in [7, 11) is 0. The van der Waals surface area contributed by atoms with Crippen molar-refractivity contribution in [2.45, 2.75) is 39.4 Å². The molecular weight excluding hydrogens is 523 g/mol. The summed E-state index contributed by atoms with van der Waals surface area (Å²) >= 11 is 0. The van der Waals surface area contributed by atoms with Gasteiger partial charge in [0.05, 0.1) is 37.4 Å². The quantitative estimate of drug-likeness (QED) is 0.213. The third-order valence-corrected chi connectivity index (χ3v) is 5.74. The van der Waals surface area contributed by atoms with Crippen molar-refractivity contribution in [1.29, 1.82) is 5.41 Å². The smallest absolute Gasteiger partial charge is 0.414 e. The highest BCUT2D eigenvalue weighted by Crippen LogP contribution is 2.30. The van der Waals surface area contributed by atoms with E-state index >= 15 is 4.39 Å². The highest BCUT2D eigenvalue weighted by atomic mass is 19.1. The lowest BCUT2D eigenvalue weighted by Gasteiger charge is -2.20. The maximum atomic E-state index is 15.0. The van der Waals surface area contributed by atoms with Gasteiger partial charge < -0.3 is 24.9 Å². The number of benzene rings is 2. The van der Waals surface area contributed by atoms with Gasteiger partial charge in [-0.3, -0.25) is 15.2 Å². The number of cyclic esters (lactones) is 1. The summed E-state index contributed by atoms with van der Waals surface area (Å²) in [6, 6.07) is 11.3. The largest absolute Gasteiger partial charge is 0.515 e. The van der Waals surface area contributed by atoms with E-state index in [0.717, 1.165) is 17.6 Å². The van der Waals surface area contributed by atoms with E-state index in [2.05, 4.69) is 25.9 Å². The summed E-state index contributed by atoms with van der Waals surface area (Å²) < 4.78 is 20.2. The van der Waals surface area contributed by atoms with Crippen LogP contribution in [-0.4, -0.2) is 75.9 Å². The lowest BCUT2D eigenvalue weighted by molar-refractivity contribution is 0.0390. The number of amides is 2. The van der Waals surface area contributed by atoms with E-state index in [4.69, 9.17) is 20.1 Å². The maximum absolute atomic E-state index is 15.0. The number of amidine groups is 1. The standard InChI is InChI=1S/C24H23FN4O7.C4H10/c25-20-9-16(28-11-18(35-24(28)34)12-29(23(32)33)22(26)7-8-30)5-6-19(20)14-1-3-15(4-2-14)21-10-17(13-31)36-27-21;1-4(2)3/h1-9,17-18,26,30-31H,10-13H2,(H,32,33);4H,1-3H3/b8-7-,26-22?;. The number of oxime groups is 1. The van der Waals surface area contributed by atoms with Crippen molar-refractivity contribution in [2.24, 2.45) is 11.1 Å². The number of hydrogen-bond acceptors (Lipinski definition) is 8. The van der Waals surface area contributed by atoms with E-state index in [1.54, 1.807) is 30.3 Å². The number of rotatable bonds is 7. The monoisotopic (exact) mass is 556 g/mol. The van der Waals surface area contributed by atoms with Gasteiger partial charge >= 0.3 is 12.2 Å². The van der Waals surface area contributed by atoms with Gasteiger partial charge in [0, 0.05) is 18.1 Å². The fraction of sp³-hybridized carbons (Fsp3) is 0.357. The summed E-state index contributed by atoms with van der Waals surface area (Å²) in [5.74, 6) is -0.234. The number of halogens is 1. The molecule has 1 saturated heterocycles. The molecule has 0 aliphatic carbocycles. The molecule has 2 unspecified atom stereocenters. The highest BCUT2D eigenvalue weighted by Gasteiger charge is 2.35. The molecule has 214 valence electrons. The highest BCUT2D eigenvalue weighted by molar-refractivity contribution is 6.01. The van der Waals surface area contributed by atoms with Crippen molar-refractivity contribution in [2.75, 3.05) is 24.6 Å². The summed E-state index contributed by atoms with van der Waals surface area (Å²) in [5.41, 5.74) is 2.65. The molecule has 12 heteroatoms. The topological polar surface area (TPSA) is 156 Å². The molecule has 1 fully saturated rings. The van der Waals surface area contributed by atoms with Gasteiger partial charge in [-0.05, 0) is 35.2 Å². The molecular formula is C28H33FN4O7. The molecule has 2 aromatic rings. The predicted molar refractivity (Wildman–Crippen MR) is 147 cm³/mol. The van der Waals surface area contributed by atoms with Crippen molar-refractivity contribution >= 4 is 29.4 Å². The van der Waals surface area contributed by atoms with Crippen LogP contribution in [0.3, 0.4) is 0 Å².